The molecule has 25 heavy (non-hydrogen) atoms. The van der Waals surface area contributed by atoms with Gasteiger partial charge in [0.15, 0.2) is 4.96 Å². The number of thiazole rings is 1. The quantitative estimate of drug-likeness (QED) is 0.683. The number of rotatable bonds is 4. The summed E-state index contributed by atoms with van der Waals surface area (Å²) >= 11 is 1.45. The molecule has 1 aromatic carbocycles. The summed E-state index contributed by atoms with van der Waals surface area (Å²) in [6, 6.07) is 2.39. The van der Waals surface area contributed by atoms with Crippen molar-refractivity contribution in [1.29, 1.82) is 0 Å². The van der Waals surface area contributed by atoms with Gasteiger partial charge in [-0.15, -0.1) is 11.3 Å². The number of anilines is 1. The Bertz CT molecular complexity index is 930. The van der Waals surface area contributed by atoms with Crippen LogP contribution in [0.4, 0.5) is 18.9 Å². The molecule has 0 aliphatic carbocycles. The van der Waals surface area contributed by atoms with Crippen LogP contribution in [0, 0.1) is 6.92 Å². The third-order valence-corrected chi connectivity index (χ3v) is 4.50. The molecule has 0 saturated carbocycles. The largest absolute Gasteiger partial charge is 0.506 e. The lowest BCUT2D eigenvalue weighted by Gasteiger charge is -2.11. The van der Waals surface area contributed by atoms with Crippen molar-refractivity contribution < 1.29 is 23.1 Å². The molecule has 2 N–H and O–H groups in total. The van der Waals surface area contributed by atoms with E-state index in [0.717, 1.165) is 34.5 Å². The molecule has 1 amide bonds. The first-order chi connectivity index (χ1) is 11.7. The Morgan fingerprint density at radius 3 is 2.88 bits per heavy atom. The molecular weight excluding hydrogens is 355 g/mol. The van der Waals surface area contributed by atoms with Crippen LogP contribution in [0.3, 0.4) is 0 Å². The van der Waals surface area contributed by atoms with Crippen molar-refractivity contribution in [3.63, 3.8) is 0 Å². The van der Waals surface area contributed by atoms with E-state index < -0.39 is 23.4 Å². The number of nitrogens with one attached hydrogen (secondary N) is 1. The summed E-state index contributed by atoms with van der Waals surface area (Å²) in [5.41, 5.74) is 0.568. The number of nitrogens with zero attached hydrogens (tertiary/aromatic N) is 2. The molecule has 3 rings (SSSR count). The summed E-state index contributed by atoms with van der Waals surface area (Å²) in [6.07, 6.45) is -2.22. The van der Waals surface area contributed by atoms with Crippen LogP contribution >= 0.6 is 11.3 Å². The normalized spacial score (nSPS) is 11.8. The zero-order valence-electron chi connectivity index (χ0n) is 13.1. The van der Waals surface area contributed by atoms with Crippen LogP contribution in [0.2, 0.25) is 0 Å². The molecule has 2 aromatic heterocycles. The first-order valence-electron chi connectivity index (χ1n) is 7.36. The summed E-state index contributed by atoms with van der Waals surface area (Å²) in [5, 5.41) is 13.9. The Kier molecular flexibility index (Phi) is 4.42. The van der Waals surface area contributed by atoms with Crippen molar-refractivity contribution in [2.75, 3.05) is 5.32 Å². The van der Waals surface area contributed by atoms with Crippen molar-refractivity contribution in [3.8, 4) is 5.75 Å². The molecule has 2 heterocycles. The minimum Gasteiger partial charge on any atom is -0.506 e. The van der Waals surface area contributed by atoms with Gasteiger partial charge in [-0.1, -0.05) is 0 Å². The van der Waals surface area contributed by atoms with Crippen LogP contribution in [0.15, 0.2) is 29.8 Å². The number of hydrogen-bond donors (Lipinski definition) is 2. The zero-order valence-corrected chi connectivity index (χ0v) is 13.9. The number of aryl methyl sites for hydroxylation is 2. The predicted molar refractivity (Wildman–Crippen MR) is 87.9 cm³/mol. The van der Waals surface area contributed by atoms with Gasteiger partial charge in [-0.05, 0) is 31.5 Å². The average molecular weight is 369 g/mol. The molecule has 0 bridgehead atoms. The topological polar surface area (TPSA) is 66.6 Å². The maximum atomic E-state index is 12.7. The molecule has 3 aromatic rings. The van der Waals surface area contributed by atoms with Gasteiger partial charge in [0.25, 0.3) is 0 Å². The van der Waals surface area contributed by atoms with Gasteiger partial charge >= 0.3 is 6.18 Å². The molecule has 0 fully saturated rings. The number of carbonyl (C=O) groups excluding carboxylic acids is 1. The third kappa shape index (κ3) is 3.76. The second kappa shape index (κ2) is 6.40. The van der Waals surface area contributed by atoms with Crippen LogP contribution in [0.5, 0.6) is 5.75 Å². The molecule has 9 heteroatoms. The highest BCUT2D eigenvalue weighted by Crippen LogP contribution is 2.34. The van der Waals surface area contributed by atoms with E-state index in [1.165, 1.54) is 11.3 Å². The minimum atomic E-state index is -4.55. The van der Waals surface area contributed by atoms with E-state index in [0.29, 0.717) is 6.42 Å². The van der Waals surface area contributed by atoms with E-state index in [2.05, 4.69) is 10.3 Å². The van der Waals surface area contributed by atoms with Gasteiger partial charge < -0.3 is 10.4 Å². The second-order valence-corrected chi connectivity index (χ2v) is 6.38. The Labute approximate surface area is 144 Å². The number of benzene rings is 1. The molecule has 0 aliphatic rings. The molecule has 0 atom stereocenters. The van der Waals surface area contributed by atoms with E-state index in [4.69, 9.17) is 0 Å². The first-order valence-corrected chi connectivity index (χ1v) is 8.24. The number of phenolic OH excluding ortho intramolecular Hbond substituents is 1. The van der Waals surface area contributed by atoms with E-state index in [1.54, 1.807) is 0 Å². The molecule has 5 nitrogen and oxygen atoms in total. The lowest BCUT2D eigenvalue weighted by molar-refractivity contribution is -0.137. The predicted octanol–water partition coefficient (Wildman–Crippen LogP) is 4.00. The SMILES string of the molecule is Cc1cn2c(CCC(=O)Nc3cc(C(F)(F)F)ccc3O)csc2n1. The highest BCUT2D eigenvalue weighted by molar-refractivity contribution is 7.15. The Hall–Kier alpha value is -2.55. The molecule has 0 spiro atoms. The third-order valence-electron chi connectivity index (χ3n) is 3.61. The van der Waals surface area contributed by atoms with Crippen molar-refractivity contribution in [2.45, 2.75) is 25.9 Å². The minimum absolute atomic E-state index is 0.0682. The lowest BCUT2D eigenvalue weighted by Crippen LogP contribution is -2.14. The van der Waals surface area contributed by atoms with Crippen molar-refractivity contribution in [3.05, 3.63) is 46.7 Å². The van der Waals surface area contributed by atoms with Crippen molar-refractivity contribution in [2.24, 2.45) is 0 Å². The number of hydrogen-bond acceptors (Lipinski definition) is 4. The fourth-order valence-electron chi connectivity index (χ4n) is 2.39. The zero-order chi connectivity index (χ0) is 18.2. The van der Waals surface area contributed by atoms with Crippen molar-refractivity contribution >= 4 is 27.9 Å². The summed E-state index contributed by atoms with van der Waals surface area (Å²) in [5.74, 6) is -0.893. The lowest BCUT2D eigenvalue weighted by atomic mass is 10.1. The summed E-state index contributed by atoms with van der Waals surface area (Å²) in [4.78, 5) is 17.2. The monoisotopic (exact) mass is 369 g/mol. The van der Waals surface area contributed by atoms with E-state index >= 15 is 0 Å². The number of aromatic hydroxyl groups is 1. The summed E-state index contributed by atoms with van der Waals surface area (Å²) < 4.78 is 40.0. The Morgan fingerprint density at radius 1 is 1.40 bits per heavy atom. The van der Waals surface area contributed by atoms with Gasteiger partial charge in [0, 0.05) is 23.7 Å². The molecule has 132 valence electrons. The fourth-order valence-corrected chi connectivity index (χ4v) is 3.34. The van der Waals surface area contributed by atoms with Crippen LogP contribution < -0.4 is 5.32 Å². The highest BCUT2D eigenvalue weighted by Gasteiger charge is 2.31. The second-order valence-electron chi connectivity index (χ2n) is 5.54. The average Bonchev–Trinajstić information content (AvgIpc) is 3.05. The van der Waals surface area contributed by atoms with Gasteiger partial charge in [0.2, 0.25) is 5.91 Å². The van der Waals surface area contributed by atoms with Crippen LogP contribution in [0.25, 0.3) is 4.96 Å². The smallest absolute Gasteiger partial charge is 0.416 e. The number of alkyl halides is 3. The van der Waals surface area contributed by atoms with Gasteiger partial charge in [-0.25, -0.2) is 4.98 Å². The maximum absolute atomic E-state index is 12.7. The molecule has 0 aliphatic heterocycles. The first kappa shape index (κ1) is 17.3. The number of carbonyl (C=O) groups is 1. The van der Waals surface area contributed by atoms with E-state index in [-0.39, 0.29) is 12.1 Å². The van der Waals surface area contributed by atoms with E-state index in [1.807, 2.05) is 22.9 Å². The van der Waals surface area contributed by atoms with Gasteiger partial charge in [-0.3, -0.25) is 9.20 Å². The summed E-state index contributed by atoms with van der Waals surface area (Å²) in [6.45, 7) is 1.87. The van der Waals surface area contributed by atoms with Crippen molar-refractivity contribution in [1.82, 2.24) is 9.38 Å². The standard InChI is InChI=1S/C16H14F3N3O2S/c1-9-7-22-11(8-25-15(22)20-9)3-5-14(24)21-12-6-10(16(17,18)19)2-4-13(12)23/h2,4,6-8,23H,3,5H2,1H3,(H,21,24). The van der Waals surface area contributed by atoms with Gasteiger partial charge in [-0.2, -0.15) is 13.2 Å². The highest BCUT2D eigenvalue weighted by atomic mass is 32.1. The Morgan fingerprint density at radius 2 is 2.16 bits per heavy atom. The molecule has 0 saturated heterocycles. The molecular formula is C16H14F3N3O2S. The number of aromatic nitrogens is 2. The van der Waals surface area contributed by atoms with Crippen LogP contribution in [0.1, 0.15) is 23.4 Å². The summed E-state index contributed by atoms with van der Waals surface area (Å²) in [7, 11) is 0. The molecule has 0 unspecified atom stereocenters. The maximum Gasteiger partial charge on any atom is 0.416 e. The van der Waals surface area contributed by atoms with Gasteiger partial charge in [0.05, 0.1) is 16.9 Å². The number of fused-ring (bicyclic) bond motifs is 1. The Balaban J connectivity index is 1.68. The van der Waals surface area contributed by atoms with E-state index in [9.17, 15) is 23.1 Å². The van der Waals surface area contributed by atoms with Gasteiger partial charge in [0.1, 0.15) is 5.75 Å². The fraction of sp³-hybridized carbons (Fsp3) is 0.250. The number of phenols is 1. The number of amides is 1. The number of halogens is 3. The molecule has 0 radical (unpaired) electrons. The van der Waals surface area contributed by atoms with Crippen LogP contribution in [-0.2, 0) is 17.4 Å². The van der Waals surface area contributed by atoms with Crippen LogP contribution in [-0.4, -0.2) is 20.4 Å². The number of imidazole rings is 1.